The summed E-state index contributed by atoms with van der Waals surface area (Å²) in [5.74, 6) is 6.22. The first-order valence-corrected chi connectivity index (χ1v) is 4.87. The zero-order valence-corrected chi connectivity index (χ0v) is 8.94. The number of hydrogen-bond acceptors (Lipinski definition) is 4. The Bertz CT molecular complexity index is 438. The van der Waals surface area contributed by atoms with Gasteiger partial charge in [0.2, 0.25) is 6.34 Å². The predicted octanol–water partition coefficient (Wildman–Crippen LogP) is 1.11. The van der Waals surface area contributed by atoms with Gasteiger partial charge in [0.15, 0.2) is 5.69 Å². The first kappa shape index (κ1) is 9.95. The fourth-order valence-electron chi connectivity index (χ4n) is 1.65. The molecule has 0 saturated heterocycles. The van der Waals surface area contributed by atoms with Crippen LogP contribution in [0.25, 0.3) is 0 Å². The van der Waals surface area contributed by atoms with Crippen molar-refractivity contribution in [3.63, 3.8) is 0 Å². The molecule has 1 unspecified atom stereocenters. The Kier molecular flexibility index (Phi) is 1.95. The summed E-state index contributed by atoms with van der Waals surface area (Å²) >= 11 is 0. The number of nitrogens with two attached hydrogens (primary N) is 3. The number of rotatable bonds is 1. The lowest BCUT2D eigenvalue weighted by Crippen LogP contribution is -2.58. The van der Waals surface area contributed by atoms with Crippen molar-refractivity contribution in [3.8, 4) is 0 Å². The van der Waals surface area contributed by atoms with E-state index in [0.29, 0.717) is 11.4 Å². The number of benzene rings is 1. The Morgan fingerprint density at radius 2 is 1.80 bits per heavy atom. The van der Waals surface area contributed by atoms with Gasteiger partial charge >= 0.3 is 0 Å². The van der Waals surface area contributed by atoms with Crippen LogP contribution < -0.4 is 21.9 Å². The molecule has 0 saturated carbocycles. The number of nitrogen functional groups attached to an aromatic ring is 2. The quantitative estimate of drug-likeness (QED) is 0.365. The van der Waals surface area contributed by atoms with Gasteiger partial charge in [0.25, 0.3) is 0 Å². The van der Waals surface area contributed by atoms with Crippen molar-refractivity contribution < 1.29 is 0 Å². The average Bonchev–Trinajstić information content (AvgIpc) is 2.47. The number of fused-ring (bicyclic) bond motifs is 1. The monoisotopic (exact) mass is 206 g/mol. The van der Waals surface area contributed by atoms with E-state index in [0.717, 1.165) is 11.4 Å². The minimum atomic E-state index is 0.180. The molecule has 0 spiro atoms. The average molecular weight is 206 g/mol. The van der Waals surface area contributed by atoms with Crippen molar-refractivity contribution in [1.29, 1.82) is 0 Å². The molecule has 15 heavy (non-hydrogen) atoms. The zero-order valence-electron chi connectivity index (χ0n) is 8.94. The zero-order chi connectivity index (χ0) is 11.2. The summed E-state index contributed by atoms with van der Waals surface area (Å²) in [6, 6.07) is 3.77. The van der Waals surface area contributed by atoms with Gasteiger partial charge in [-0.25, -0.2) is 0 Å². The summed E-state index contributed by atoms with van der Waals surface area (Å²) in [6.07, 6.45) is 1.72. The van der Waals surface area contributed by atoms with E-state index in [2.05, 4.69) is 4.99 Å². The van der Waals surface area contributed by atoms with Gasteiger partial charge in [-0.15, -0.1) is 0 Å². The molecular formula is C10H16N5+. The molecule has 2 rings (SSSR count). The van der Waals surface area contributed by atoms with E-state index >= 15 is 0 Å². The van der Waals surface area contributed by atoms with Crippen LogP contribution in [-0.2, 0) is 0 Å². The van der Waals surface area contributed by atoms with Gasteiger partial charge in [0.05, 0.1) is 11.4 Å². The van der Waals surface area contributed by atoms with Gasteiger partial charge in [-0.2, -0.15) is 15.4 Å². The Labute approximate surface area is 88.7 Å². The number of anilines is 2. The number of hydrogen-bond donors (Lipinski definition) is 3. The van der Waals surface area contributed by atoms with E-state index in [1.54, 1.807) is 18.5 Å². The second-order valence-corrected chi connectivity index (χ2v) is 4.14. The summed E-state index contributed by atoms with van der Waals surface area (Å²) in [7, 11) is 0. The van der Waals surface area contributed by atoms with Gasteiger partial charge in [-0.3, -0.25) is 0 Å². The SMILES string of the molecule is CC(C)[N+]1(N)C=Nc2cc(N)c(N)cc21. The van der Waals surface area contributed by atoms with Gasteiger partial charge in [0.1, 0.15) is 11.7 Å². The minimum Gasteiger partial charge on any atom is -0.397 e. The molecule has 1 atom stereocenters. The third kappa shape index (κ3) is 1.28. The van der Waals surface area contributed by atoms with Crippen molar-refractivity contribution >= 4 is 29.1 Å². The normalized spacial score (nSPS) is 23.5. The summed E-state index contributed by atoms with van der Waals surface area (Å²) in [4.78, 5) is 4.26. The fourth-order valence-corrected chi connectivity index (χ4v) is 1.65. The Hall–Kier alpha value is -1.59. The van der Waals surface area contributed by atoms with Crippen molar-refractivity contribution in [2.45, 2.75) is 19.9 Å². The first-order valence-electron chi connectivity index (χ1n) is 4.87. The fraction of sp³-hybridized carbons (Fsp3) is 0.300. The first-order chi connectivity index (χ1) is 6.95. The van der Waals surface area contributed by atoms with Crippen LogP contribution in [0.3, 0.4) is 0 Å². The molecule has 5 nitrogen and oxygen atoms in total. The van der Waals surface area contributed by atoms with E-state index < -0.39 is 0 Å². The van der Waals surface area contributed by atoms with Crippen molar-refractivity contribution in [3.05, 3.63) is 12.1 Å². The third-order valence-corrected chi connectivity index (χ3v) is 2.84. The maximum Gasteiger partial charge on any atom is 0.215 e. The van der Waals surface area contributed by atoms with Crippen molar-refractivity contribution in [1.82, 2.24) is 4.59 Å². The minimum absolute atomic E-state index is 0.180. The molecule has 1 aromatic rings. The van der Waals surface area contributed by atoms with Gasteiger partial charge in [-0.05, 0) is 19.9 Å². The standard InChI is InChI=1S/C10H16N5/c1-6(2)15(13)5-14-9-3-7(11)8(12)4-10(9)15/h3-6H,11-13H2,1-2H3/q+1. The molecule has 0 radical (unpaired) electrons. The summed E-state index contributed by atoms with van der Waals surface area (Å²) in [6.45, 7) is 4.07. The van der Waals surface area contributed by atoms with E-state index in [1.165, 1.54) is 0 Å². The number of nitrogens with zero attached hydrogens (tertiary/aromatic N) is 2. The largest absolute Gasteiger partial charge is 0.397 e. The van der Waals surface area contributed by atoms with Crippen LogP contribution in [-0.4, -0.2) is 12.4 Å². The van der Waals surface area contributed by atoms with Crippen LogP contribution in [0.4, 0.5) is 22.7 Å². The van der Waals surface area contributed by atoms with Crippen LogP contribution in [0.5, 0.6) is 0 Å². The summed E-state index contributed by atoms with van der Waals surface area (Å²) < 4.78 is 0.180. The number of aliphatic imine (C=N–C) groups is 1. The van der Waals surface area contributed by atoms with Crippen molar-refractivity contribution in [2.24, 2.45) is 10.8 Å². The van der Waals surface area contributed by atoms with Crippen LogP contribution >= 0.6 is 0 Å². The van der Waals surface area contributed by atoms with Crippen LogP contribution in [0.15, 0.2) is 17.1 Å². The topological polar surface area (TPSA) is 90.4 Å². The van der Waals surface area contributed by atoms with Crippen molar-refractivity contribution in [2.75, 3.05) is 11.5 Å². The van der Waals surface area contributed by atoms with E-state index in [-0.39, 0.29) is 10.6 Å². The van der Waals surface area contributed by atoms with Gasteiger partial charge in [-0.1, -0.05) is 0 Å². The van der Waals surface area contributed by atoms with Crippen LogP contribution in [0.2, 0.25) is 0 Å². The molecular weight excluding hydrogens is 190 g/mol. The molecule has 6 N–H and O–H groups in total. The highest BCUT2D eigenvalue weighted by Crippen LogP contribution is 2.40. The van der Waals surface area contributed by atoms with Crippen LogP contribution in [0.1, 0.15) is 13.8 Å². The molecule has 5 heteroatoms. The Morgan fingerprint density at radius 3 is 2.40 bits per heavy atom. The second-order valence-electron chi connectivity index (χ2n) is 4.14. The predicted molar refractivity (Wildman–Crippen MR) is 64.5 cm³/mol. The molecule has 1 aromatic carbocycles. The van der Waals surface area contributed by atoms with Gasteiger partial charge in [0, 0.05) is 6.07 Å². The third-order valence-electron chi connectivity index (χ3n) is 2.84. The summed E-state index contributed by atoms with van der Waals surface area (Å²) in [5.41, 5.74) is 14.3. The molecule has 80 valence electrons. The smallest absolute Gasteiger partial charge is 0.215 e. The lowest BCUT2D eigenvalue weighted by Gasteiger charge is -2.28. The lowest BCUT2D eigenvalue weighted by molar-refractivity contribution is 0.374. The second kappa shape index (κ2) is 2.95. The lowest BCUT2D eigenvalue weighted by atomic mass is 10.2. The Morgan fingerprint density at radius 1 is 1.20 bits per heavy atom. The summed E-state index contributed by atoms with van der Waals surface area (Å²) in [5, 5.41) is 0. The molecule has 0 fully saturated rings. The maximum atomic E-state index is 6.22. The van der Waals surface area contributed by atoms with Crippen LogP contribution in [0, 0.1) is 0 Å². The molecule has 0 aliphatic carbocycles. The highest BCUT2D eigenvalue weighted by molar-refractivity contribution is 5.92. The van der Waals surface area contributed by atoms with E-state index in [4.69, 9.17) is 17.3 Å². The molecule has 1 aliphatic rings. The maximum absolute atomic E-state index is 6.22. The number of quaternary nitrogens is 1. The molecule has 0 amide bonds. The van der Waals surface area contributed by atoms with E-state index in [9.17, 15) is 0 Å². The van der Waals surface area contributed by atoms with Gasteiger partial charge < -0.3 is 11.5 Å². The van der Waals surface area contributed by atoms with E-state index in [1.807, 2.05) is 13.8 Å². The molecule has 0 bridgehead atoms. The molecule has 1 aliphatic heterocycles. The Balaban J connectivity index is 2.61. The highest BCUT2D eigenvalue weighted by Gasteiger charge is 2.36. The molecule has 0 aromatic heterocycles. The highest BCUT2D eigenvalue weighted by atomic mass is 15.6. The molecule has 1 heterocycles.